The molecule has 0 unspecified atom stereocenters. The number of hydrogen-bond donors (Lipinski definition) is 1. The fraction of sp³-hybridized carbons (Fsp3) is 0.111. The maximum atomic E-state index is 10.7. The average Bonchev–Trinajstić information content (AvgIpc) is 2.16. The molecule has 0 saturated heterocycles. The molecule has 1 N–H and O–H groups in total. The quantitative estimate of drug-likeness (QED) is 0.794. The summed E-state index contributed by atoms with van der Waals surface area (Å²) >= 11 is 11.3. The van der Waals surface area contributed by atoms with E-state index in [9.17, 15) is 4.79 Å². The predicted molar refractivity (Wildman–Crippen MR) is 52.7 cm³/mol. The lowest BCUT2D eigenvalue weighted by Gasteiger charge is -2.05. The van der Waals surface area contributed by atoms with Gasteiger partial charge in [0.15, 0.2) is 0 Å². The summed E-state index contributed by atoms with van der Waals surface area (Å²) in [5.74, 6) is -1.15. The lowest BCUT2D eigenvalue weighted by molar-refractivity contribution is 0.0696. The Morgan fingerprint density at radius 3 is 2.64 bits per heavy atom. The molecule has 5 heteroatoms. The molecule has 0 atom stereocenters. The third-order valence-electron chi connectivity index (χ3n) is 1.73. The van der Waals surface area contributed by atoms with Crippen LogP contribution in [-0.4, -0.2) is 11.1 Å². The van der Waals surface area contributed by atoms with Crippen LogP contribution in [-0.2, 0) is 5.88 Å². The van der Waals surface area contributed by atoms with Gasteiger partial charge in [0, 0.05) is 10.6 Å². The standard InChI is InChI=1S/C9H5Cl2NO2/c10-3-6-7(4-12)5(9(13)14)1-2-8(6)11/h1-2H,3H2,(H,13,14). The van der Waals surface area contributed by atoms with Crippen molar-refractivity contribution < 1.29 is 9.90 Å². The first-order valence-corrected chi connectivity index (χ1v) is 4.53. The zero-order chi connectivity index (χ0) is 10.7. The normalized spacial score (nSPS) is 9.50. The Morgan fingerprint density at radius 1 is 1.57 bits per heavy atom. The molecule has 0 fully saturated rings. The summed E-state index contributed by atoms with van der Waals surface area (Å²) in [6.07, 6.45) is 0. The van der Waals surface area contributed by atoms with E-state index in [1.165, 1.54) is 12.1 Å². The molecule has 1 aromatic carbocycles. The van der Waals surface area contributed by atoms with Crippen LogP contribution in [0.15, 0.2) is 12.1 Å². The first-order chi connectivity index (χ1) is 6.61. The van der Waals surface area contributed by atoms with E-state index in [-0.39, 0.29) is 17.0 Å². The molecule has 0 bridgehead atoms. The summed E-state index contributed by atoms with van der Waals surface area (Å²) < 4.78 is 0. The Bertz CT molecular complexity index is 424. The lowest BCUT2D eigenvalue weighted by Crippen LogP contribution is -2.03. The average molecular weight is 230 g/mol. The molecule has 72 valence electrons. The first kappa shape index (κ1) is 10.8. The minimum absolute atomic E-state index is 0.0167. The predicted octanol–water partition coefficient (Wildman–Crippen LogP) is 2.65. The number of carboxylic acid groups (broad SMARTS) is 1. The molecular weight excluding hydrogens is 225 g/mol. The molecule has 0 aliphatic carbocycles. The Kier molecular flexibility index (Phi) is 3.34. The van der Waals surface area contributed by atoms with Crippen molar-refractivity contribution in [3.63, 3.8) is 0 Å². The fourth-order valence-corrected chi connectivity index (χ4v) is 1.63. The van der Waals surface area contributed by atoms with Crippen molar-refractivity contribution in [2.45, 2.75) is 5.88 Å². The highest BCUT2D eigenvalue weighted by Gasteiger charge is 2.15. The monoisotopic (exact) mass is 229 g/mol. The van der Waals surface area contributed by atoms with Gasteiger partial charge in [-0.05, 0) is 12.1 Å². The van der Waals surface area contributed by atoms with E-state index in [2.05, 4.69) is 0 Å². The largest absolute Gasteiger partial charge is 0.478 e. The zero-order valence-corrected chi connectivity index (χ0v) is 8.43. The lowest BCUT2D eigenvalue weighted by atomic mass is 10.0. The molecule has 0 aliphatic rings. The van der Waals surface area contributed by atoms with Crippen molar-refractivity contribution in [1.29, 1.82) is 5.26 Å². The summed E-state index contributed by atoms with van der Waals surface area (Å²) in [6, 6.07) is 4.50. The minimum atomic E-state index is -1.16. The molecule has 14 heavy (non-hydrogen) atoms. The number of halogens is 2. The van der Waals surface area contributed by atoms with Crippen molar-refractivity contribution in [3.8, 4) is 6.07 Å². The number of carboxylic acids is 1. The maximum Gasteiger partial charge on any atom is 0.337 e. The number of nitriles is 1. The summed E-state index contributed by atoms with van der Waals surface area (Å²) in [7, 11) is 0. The number of hydrogen-bond acceptors (Lipinski definition) is 2. The molecule has 0 saturated carbocycles. The number of carbonyl (C=O) groups is 1. The van der Waals surface area contributed by atoms with Crippen molar-refractivity contribution >= 4 is 29.2 Å². The molecule has 0 radical (unpaired) electrons. The molecule has 0 amide bonds. The molecule has 0 aliphatic heterocycles. The van der Waals surface area contributed by atoms with Crippen LogP contribution >= 0.6 is 23.2 Å². The first-order valence-electron chi connectivity index (χ1n) is 3.62. The summed E-state index contributed by atoms with van der Waals surface area (Å²) in [5, 5.41) is 17.9. The maximum absolute atomic E-state index is 10.7. The van der Waals surface area contributed by atoms with Gasteiger partial charge < -0.3 is 5.11 Å². The highest BCUT2D eigenvalue weighted by atomic mass is 35.5. The molecular formula is C9H5Cl2NO2. The Balaban J connectivity index is 3.50. The van der Waals surface area contributed by atoms with Gasteiger partial charge in [0.2, 0.25) is 0 Å². The van der Waals surface area contributed by atoms with Gasteiger partial charge in [0.1, 0.15) is 6.07 Å². The van der Waals surface area contributed by atoms with Gasteiger partial charge in [0.25, 0.3) is 0 Å². The number of nitrogens with zero attached hydrogens (tertiary/aromatic N) is 1. The van der Waals surface area contributed by atoms with E-state index in [4.69, 9.17) is 33.6 Å². The van der Waals surface area contributed by atoms with Gasteiger partial charge >= 0.3 is 5.97 Å². The van der Waals surface area contributed by atoms with Crippen LogP contribution < -0.4 is 0 Å². The summed E-state index contributed by atoms with van der Waals surface area (Å²) in [4.78, 5) is 10.7. The number of benzene rings is 1. The third kappa shape index (κ3) is 1.82. The van der Waals surface area contributed by atoms with Crippen molar-refractivity contribution in [3.05, 3.63) is 33.8 Å². The second kappa shape index (κ2) is 4.32. The van der Waals surface area contributed by atoms with E-state index in [0.717, 1.165) is 0 Å². The van der Waals surface area contributed by atoms with E-state index >= 15 is 0 Å². The van der Waals surface area contributed by atoms with Gasteiger partial charge in [-0.25, -0.2) is 4.79 Å². The van der Waals surface area contributed by atoms with Gasteiger partial charge in [-0.1, -0.05) is 11.6 Å². The van der Waals surface area contributed by atoms with E-state index in [1.54, 1.807) is 6.07 Å². The second-order valence-corrected chi connectivity index (χ2v) is 3.17. The molecule has 1 rings (SSSR count). The zero-order valence-electron chi connectivity index (χ0n) is 6.92. The van der Waals surface area contributed by atoms with Crippen LogP contribution in [0, 0.1) is 11.3 Å². The smallest absolute Gasteiger partial charge is 0.337 e. The Morgan fingerprint density at radius 2 is 2.21 bits per heavy atom. The summed E-state index contributed by atoms with van der Waals surface area (Å²) in [6.45, 7) is 0. The topological polar surface area (TPSA) is 61.1 Å². The van der Waals surface area contributed by atoms with Crippen molar-refractivity contribution in [1.82, 2.24) is 0 Å². The molecule has 0 aromatic heterocycles. The highest BCUT2D eigenvalue weighted by molar-refractivity contribution is 6.32. The van der Waals surface area contributed by atoms with Gasteiger partial charge in [0.05, 0.1) is 17.0 Å². The van der Waals surface area contributed by atoms with Gasteiger partial charge in [-0.3, -0.25) is 0 Å². The molecule has 1 aromatic rings. The second-order valence-electron chi connectivity index (χ2n) is 2.50. The van der Waals surface area contributed by atoms with E-state index < -0.39 is 5.97 Å². The van der Waals surface area contributed by atoms with Crippen LogP contribution in [0.25, 0.3) is 0 Å². The van der Waals surface area contributed by atoms with Crippen molar-refractivity contribution in [2.24, 2.45) is 0 Å². The van der Waals surface area contributed by atoms with Crippen LogP contribution in [0.4, 0.5) is 0 Å². The fourth-order valence-electron chi connectivity index (χ4n) is 1.06. The number of rotatable bonds is 2. The van der Waals surface area contributed by atoms with E-state index in [1.807, 2.05) is 0 Å². The minimum Gasteiger partial charge on any atom is -0.478 e. The van der Waals surface area contributed by atoms with Crippen LogP contribution in [0.5, 0.6) is 0 Å². The summed E-state index contributed by atoms with van der Waals surface area (Å²) in [5.41, 5.74) is 0.309. The molecule has 3 nitrogen and oxygen atoms in total. The van der Waals surface area contributed by atoms with Crippen LogP contribution in [0.3, 0.4) is 0 Å². The number of alkyl halides is 1. The Hall–Kier alpha value is -1.24. The number of aromatic carboxylic acids is 1. The van der Waals surface area contributed by atoms with Crippen LogP contribution in [0.2, 0.25) is 5.02 Å². The highest BCUT2D eigenvalue weighted by Crippen LogP contribution is 2.24. The Labute approximate surface area is 90.5 Å². The third-order valence-corrected chi connectivity index (χ3v) is 2.35. The van der Waals surface area contributed by atoms with Gasteiger partial charge in [-0.2, -0.15) is 5.26 Å². The van der Waals surface area contributed by atoms with Crippen molar-refractivity contribution in [2.75, 3.05) is 0 Å². The molecule has 0 spiro atoms. The SMILES string of the molecule is N#Cc1c(C(=O)O)ccc(Cl)c1CCl. The van der Waals surface area contributed by atoms with E-state index in [0.29, 0.717) is 10.6 Å². The molecule has 0 heterocycles. The van der Waals surface area contributed by atoms with Gasteiger partial charge in [-0.15, -0.1) is 11.6 Å². The van der Waals surface area contributed by atoms with Crippen LogP contribution in [0.1, 0.15) is 21.5 Å².